The van der Waals surface area contributed by atoms with Gasteiger partial charge in [-0.25, -0.2) is 0 Å². The normalized spacial score (nSPS) is 44.9. The van der Waals surface area contributed by atoms with Crippen molar-refractivity contribution in [2.24, 2.45) is 46.3 Å². The summed E-state index contributed by atoms with van der Waals surface area (Å²) < 4.78 is 0. The predicted molar refractivity (Wildman–Crippen MR) is 124 cm³/mol. The molecule has 0 spiro atoms. The maximum Gasteiger partial charge on any atom is 0.156 e. The van der Waals surface area contributed by atoms with Gasteiger partial charge in [-0.1, -0.05) is 60.1 Å². The van der Waals surface area contributed by atoms with Crippen LogP contribution in [-0.4, -0.2) is 16.5 Å². The van der Waals surface area contributed by atoms with E-state index in [0.717, 1.165) is 38.0 Å². The Morgan fingerprint density at radius 2 is 1.73 bits per heavy atom. The number of fused-ring (bicyclic) bond motifs is 5. The molecule has 1 N–H and O–H groups in total. The number of hydrogen-bond acceptors (Lipinski definition) is 2. The van der Waals surface area contributed by atoms with Crippen LogP contribution in [0.15, 0.2) is 23.8 Å². The summed E-state index contributed by atoms with van der Waals surface area (Å²) in [5.41, 5.74) is 0.898. The minimum atomic E-state index is -0.535. The first-order valence-corrected chi connectivity index (χ1v) is 12.7. The van der Waals surface area contributed by atoms with Gasteiger partial charge in [0.1, 0.15) is 0 Å². The van der Waals surface area contributed by atoms with Crippen molar-refractivity contribution < 1.29 is 9.90 Å². The van der Waals surface area contributed by atoms with Gasteiger partial charge in [-0.05, 0) is 96.5 Å². The Bertz CT molecular complexity index is 748. The Kier molecular flexibility index (Phi) is 5.66. The fraction of sp³-hybridized carbons (Fsp3) is 0.821. The van der Waals surface area contributed by atoms with E-state index in [1.165, 1.54) is 18.4 Å². The number of carbonyl (C=O) groups excluding carboxylic acids is 1. The molecule has 2 fully saturated rings. The first kappa shape index (κ1) is 22.3. The van der Waals surface area contributed by atoms with E-state index < -0.39 is 5.60 Å². The molecule has 4 aliphatic rings. The molecule has 8 atom stereocenters. The van der Waals surface area contributed by atoms with E-state index in [-0.39, 0.29) is 10.8 Å². The van der Waals surface area contributed by atoms with E-state index >= 15 is 0 Å². The molecule has 0 unspecified atom stereocenters. The quantitative estimate of drug-likeness (QED) is 0.543. The molecule has 0 amide bonds. The van der Waals surface area contributed by atoms with Crippen LogP contribution in [-0.2, 0) is 4.79 Å². The molecule has 4 rings (SSSR count). The van der Waals surface area contributed by atoms with E-state index in [1.54, 1.807) is 0 Å². The smallest absolute Gasteiger partial charge is 0.156 e. The zero-order valence-electron chi connectivity index (χ0n) is 20.2. The molecule has 30 heavy (non-hydrogen) atoms. The van der Waals surface area contributed by atoms with E-state index in [9.17, 15) is 9.90 Å². The van der Waals surface area contributed by atoms with Gasteiger partial charge >= 0.3 is 0 Å². The average Bonchev–Trinajstić information content (AvgIpc) is 2.98. The first-order chi connectivity index (χ1) is 14.0. The number of carbonyl (C=O) groups is 1. The van der Waals surface area contributed by atoms with E-state index in [1.807, 2.05) is 6.08 Å². The molecule has 168 valence electrons. The van der Waals surface area contributed by atoms with Crippen molar-refractivity contribution in [3.63, 3.8) is 0 Å². The molecule has 0 aromatic heterocycles. The Balaban J connectivity index is 1.57. The van der Waals surface area contributed by atoms with Gasteiger partial charge in [0.2, 0.25) is 0 Å². The van der Waals surface area contributed by atoms with Crippen molar-refractivity contribution in [2.75, 3.05) is 0 Å². The lowest BCUT2D eigenvalue weighted by molar-refractivity contribution is -0.143. The van der Waals surface area contributed by atoms with Crippen LogP contribution < -0.4 is 0 Å². The van der Waals surface area contributed by atoms with Gasteiger partial charge in [-0.3, -0.25) is 4.79 Å². The van der Waals surface area contributed by atoms with Crippen LogP contribution in [0, 0.1) is 46.3 Å². The van der Waals surface area contributed by atoms with Crippen molar-refractivity contribution in [3.8, 4) is 0 Å². The molecule has 2 saturated carbocycles. The van der Waals surface area contributed by atoms with Gasteiger partial charge in [-0.2, -0.15) is 0 Å². The topological polar surface area (TPSA) is 37.3 Å². The van der Waals surface area contributed by atoms with Crippen molar-refractivity contribution in [3.05, 3.63) is 23.8 Å². The van der Waals surface area contributed by atoms with Gasteiger partial charge < -0.3 is 5.11 Å². The second-order valence-corrected chi connectivity index (χ2v) is 12.3. The summed E-state index contributed by atoms with van der Waals surface area (Å²) in [6, 6.07) is 0. The fourth-order valence-corrected chi connectivity index (χ4v) is 7.94. The molecule has 0 aliphatic heterocycles. The SMILES string of the molecule is CC(C)[C@H](C)CC[C@@H](C)[C@]1(O)CC[C@H]2[C@@H]3C=CC4=CC(=O)CC[C@]4(C)[C@H]3CC[C@@]21C. The zero-order valence-corrected chi connectivity index (χ0v) is 20.2. The molecule has 2 nitrogen and oxygen atoms in total. The molecule has 0 saturated heterocycles. The van der Waals surface area contributed by atoms with E-state index in [2.05, 4.69) is 53.7 Å². The van der Waals surface area contributed by atoms with Gasteiger partial charge in [0, 0.05) is 6.42 Å². The van der Waals surface area contributed by atoms with Crippen LogP contribution in [0.4, 0.5) is 0 Å². The first-order valence-electron chi connectivity index (χ1n) is 12.7. The van der Waals surface area contributed by atoms with E-state index in [0.29, 0.717) is 41.8 Å². The number of aliphatic hydroxyl groups is 1. The summed E-state index contributed by atoms with van der Waals surface area (Å²) in [5.74, 6) is 3.83. The standard InChI is InChI=1S/C28H44O2/c1-18(2)19(3)7-8-20(4)28(30)16-13-25-23-10-9-21-17-22(29)11-14-26(21,5)24(23)12-15-27(25,28)6/h9-10,17-20,23-25,30H,7-8,11-16H2,1-6H3/t19-,20-,23-,24+,25+,26+,27+,28-/m1/s1. The highest BCUT2D eigenvalue weighted by molar-refractivity contribution is 5.92. The number of rotatable bonds is 5. The third kappa shape index (κ3) is 3.19. The molecule has 0 aromatic rings. The highest BCUT2D eigenvalue weighted by atomic mass is 16.3. The molecule has 4 aliphatic carbocycles. The zero-order chi connectivity index (χ0) is 21.9. The van der Waals surface area contributed by atoms with Gasteiger partial charge in [0.05, 0.1) is 5.60 Å². The fourth-order valence-electron chi connectivity index (χ4n) is 7.94. The molecule has 0 bridgehead atoms. The number of allylic oxidation sites excluding steroid dienone is 4. The molecule has 0 radical (unpaired) electrons. The van der Waals surface area contributed by atoms with E-state index in [4.69, 9.17) is 0 Å². The van der Waals surface area contributed by atoms with Crippen LogP contribution in [0.1, 0.15) is 92.9 Å². The lowest BCUT2D eigenvalue weighted by Gasteiger charge is -2.58. The molecular formula is C28H44O2. The highest BCUT2D eigenvalue weighted by Gasteiger charge is 2.64. The minimum Gasteiger partial charge on any atom is -0.389 e. The summed E-state index contributed by atoms with van der Waals surface area (Å²) in [6.45, 7) is 14.1. The van der Waals surface area contributed by atoms with Crippen LogP contribution >= 0.6 is 0 Å². The summed E-state index contributed by atoms with van der Waals surface area (Å²) in [6.07, 6.45) is 15.1. The van der Waals surface area contributed by atoms with Crippen molar-refractivity contribution in [1.82, 2.24) is 0 Å². The maximum atomic E-state index is 12.1. The summed E-state index contributed by atoms with van der Waals surface area (Å²) >= 11 is 0. The van der Waals surface area contributed by atoms with Crippen molar-refractivity contribution in [1.29, 1.82) is 0 Å². The van der Waals surface area contributed by atoms with Crippen LogP contribution in [0.5, 0.6) is 0 Å². The molecule has 0 heterocycles. The summed E-state index contributed by atoms with van der Waals surface area (Å²) in [4.78, 5) is 12.0. The van der Waals surface area contributed by atoms with Crippen molar-refractivity contribution >= 4 is 5.78 Å². The largest absolute Gasteiger partial charge is 0.389 e. The minimum absolute atomic E-state index is 0.0149. The second-order valence-electron chi connectivity index (χ2n) is 12.3. The summed E-state index contributed by atoms with van der Waals surface area (Å²) in [5, 5.41) is 12.1. The molecular weight excluding hydrogens is 368 g/mol. The van der Waals surface area contributed by atoms with Crippen LogP contribution in [0.2, 0.25) is 0 Å². The third-order valence-electron chi connectivity index (χ3n) is 10.7. The van der Waals surface area contributed by atoms with Gasteiger partial charge in [-0.15, -0.1) is 0 Å². The molecule has 2 heteroatoms. The lowest BCUT2D eigenvalue weighted by atomic mass is 9.47. The molecule has 0 aromatic carbocycles. The third-order valence-corrected chi connectivity index (χ3v) is 10.7. The monoisotopic (exact) mass is 412 g/mol. The second kappa shape index (κ2) is 7.61. The highest BCUT2D eigenvalue weighted by Crippen LogP contribution is 2.67. The Morgan fingerprint density at radius 1 is 1.03 bits per heavy atom. The predicted octanol–water partition coefficient (Wildman–Crippen LogP) is 6.73. The Morgan fingerprint density at radius 3 is 2.43 bits per heavy atom. The van der Waals surface area contributed by atoms with Crippen LogP contribution in [0.3, 0.4) is 0 Å². The number of ketones is 1. The lowest BCUT2D eigenvalue weighted by Crippen LogP contribution is -2.56. The summed E-state index contributed by atoms with van der Waals surface area (Å²) in [7, 11) is 0. The van der Waals surface area contributed by atoms with Crippen molar-refractivity contribution in [2.45, 2.75) is 98.5 Å². The number of hydrogen-bond donors (Lipinski definition) is 1. The van der Waals surface area contributed by atoms with Gasteiger partial charge in [0.15, 0.2) is 5.78 Å². The Hall–Kier alpha value is -0.890. The Labute approximate surface area is 184 Å². The average molecular weight is 413 g/mol. The van der Waals surface area contributed by atoms with Gasteiger partial charge in [0.25, 0.3) is 0 Å². The maximum absolute atomic E-state index is 12.1. The van der Waals surface area contributed by atoms with Crippen LogP contribution in [0.25, 0.3) is 0 Å².